The number of fused-ring (bicyclic) bond motifs is 2. The molecule has 1 heterocycles. The Bertz CT molecular complexity index is 762. The average Bonchev–Trinajstić information content (AvgIpc) is 2.66. The molecule has 2 bridgehead atoms. The third-order valence-electron chi connectivity index (χ3n) is 6.94. The summed E-state index contributed by atoms with van der Waals surface area (Å²) in [5.74, 6) is 0.911. The maximum absolute atomic E-state index is 10.0. The molecule has 4 rings (SSSR count). The first-order valence-corrected chi connectivity index (χ1v) is 10.4. The van der Waals surface area contributed by atoms with E-state index in [2.05, 4.69) is 48.2 Å². The maximum atomic E-state index is 10.0. The zero-order chi connectivity index (χ0) is 18.9. The molecule has 2 aromatic rings. The summed E-state index contributed by atoms with van der Waals surface area (Å²) >= 11 is 0. The van der Waals surface area contributed by atoms with Crippen LogP contribution in [-0.4, -0.2) is 35.2 Å². The standard InChI is InChI=1S/C24H32N2O/c1-18-17-26(12-6-9-19-7-3-2-4-8-19)22-14-21(25)15-24(18,16-22)20-10-5-11-23(27)13-20/h2-5,7-8,10-11,13,18,21-22,27H,6,9,12,14-17,25H2,1H3. The molecular weight excluding hydrogens is 332 g/mol. The fourth-order valence-electron chi connectivity index (χ4n) is 5.58. The van der Waals surface area contributed by atoms with Crippen molar-refractivity contribution in [1.29, 1.82) is 0 Å². The van der Waals surface area contributed by atoms with Gasteiger partial charge in [0, 0.05) is 24.0 Å². The van der Waals surface area contributed by atoms with Gasteiger partial charge in [0.1, 0.15) is 5.75 Å². The van der Waals surface area contributed by atoms with Gasteiger partial charge in [-0.25, -0.2) is 0 Å². The van der Waals surface area contributed by atoms with Crippen LogP contribution in [-0.2, 0) is 11.8 Å². The normalized spacial score (nSPS) is 31.0. The molecule has 1 aliphatic carbocycles. The first kappa shape index (κ1) is 18.5. The highest BCUT2D eigenvalue weighted by Crippen LogP contribution is 2.50. The number of phenols is 1. The van der Waals surface area contributed by atoms with E-state index in [0.717, 1.165) is 38.8 Å². The van der Waals surface area contributed by atoms with Crippen LogP contribution in [0.4, 0.5) is 0 Å². The first-order valence-electron chi connectivity index (χ1n) is 10.4. The summed E-state index contributed by atoms with van der Waals surface area (Å²) in [6.07, 6.45) is 5.63. The van der Waals surface area contributed by atoms with Crippen molar-refractivity contribution in [3.63, 3.8) is 0 Å². The molecule has 1 aliphatic heterocycles. The summed E-state index contributed by atoms with van der Waals surface area (Å²) in [6, 6.07) is 19.5. The summed E-state index contributed by atoms with van der Waals surface area (Å²) in [4.78, 5) is 2.69. The number of phenolic OH excluding ortho intramolecular Hbond substituents is 1. The van der Waals surface area contributed by atoms with Crippen LogP contribution in [0.25, 0.3) is 0 Å². The van der Waals surface area contributed by atoms with Gasteiger partial charge in [-0.3, -0.25) is 4.90 Å². The summed E-state index contributed by atoms with van der Waals surface area (Å²) < 4.78 is 0. The zero-order valence-electron chi connectivity index (χ0n) is 16.3. The first-order chi connectivity index (χ1) is 13.1. The highest BCUT2D eigenvalue weighted by molar-refractivity contribution is 5.36. The number of hydrogen-bond acceptors (Lipinski definition) is 3. The van der Waals surface area contributed by atoms with Gasteiger partial charge < -0.3 is 10.8 Å². The van der Waals surface area contributed by atoms with Crippen molar-refractivity contribution in [2.45, 2.75) is 56.5 Å². The number of benzene rings is 2. The summed E-state index contributed by atoms with van der Waals surface area (Å²) in [7, 11) is 0. The van der Waals surface area contributed by atoms with Crippen LogP contribution >= 0.6 is 0 Å². The Kier molecular flexibility index (Phi) is 5.25. The SMILES string of the molecule is CC1CN(CCCc2ccccc2)C2CC(N)CC1(c1cccc(O)c1)C2. The molecule has 3 nitrogen and oxygen atoms in total. The predicted octanol–water partition coefficient (Wildman–Crippen LogP) is 4.09. The third kappa shape index (κ3) is 3.76. The third-order valence-corrected chi connectivity index (χ3v) is 6.94. The highest BCUT2D eigenvalue weighted by atomic mass is 16.3. The van der Waals surface area contributed by atoms with Crippen LogP contribution in [0, 0.1) is 5.92 Å². The van der Waals surface area contributed by atoms with E-state index in [-0.39, 0.29) is 11.5 Å². The van der Waals surface area contributed by atoms with Gasteiger partial charge in [0.2, 0.25) is 0 Å². The minimum Gasteiger partial charge on any atom is -0.508 e. The minimum absolute atomic E-state index is 0.108. The second-order valence-electron chi connectivity index (χ2n) is 8.75. The Morgan fingerprint density at radius 3 is 2.70 bits per heavy atom. The van der Waals surface area contributed by atoms with Gasteiger partial charge in [-0.2, -0.15) is 0 Å². The van der Waals surface area contributed by atoms with E-state index >= 15 is 0 Å². The van der Waals surface area contributed by atoms with Crippen molar-refractivity contribution in [3.8, 4) is 5.75 Å². The average molecular weight is 365 g/mol. The molecular formula is C24H32N2O. The topological polar surface area (TPSA) is 49.5 Å². The quantitative estimate of drug-likeness (QED) is 0.840. The van der Waals surface area contributed by atoms with Gasteiger partial charge in [-0.05, 0) is 67.8 Å². The van der Waals surface area contributed by atoms with Crippen molar-refractivity contribution in [3.05, 3.63) is 65.7 Å². The molecule has 0 radical (unpaired) electrons. The number of aryl methyl sites for hydroxylation is 1. The summed E-state index contributed by atoms with van der Waals surface area (Å²) in [5, 5.41) is 10.0. The molecule has 0 spiro atoms. The number of likely N-dealkylation sites (tertiary alicyclic amines) is 1. The van der Waals surface area contributed by atoms with Gasteiger partial charge in [0.25, 0.3) is 0 Å². The number of hydrogen-bond donors (Lipinski definition) is 2. The molecule has 1 saturated carbocycles. The Labute approximate surface area is 163 Å². The Balaban J connectivity index is 1.48. The number of aromatic hydroxyl groups is 1. The van der Waals surface area contributed by atoms with Crippen LogP contribution in [0.3, 0.4) is 0 Å². The van der Waals surface area contributed by atoms with E-state index in [1.54, 1.807) is 6.07 Å². The molecule has 4 unspecified atom stereocenters. The second kappa shape index (κ2) is 7.65. The highest BCUT2D eigenvalue weighted by Gasteiger charge is 2.50. The smallest absolute Gasteiger partial charge is 0.115 e. The number of piperidine rings is 1. The Morgan fingerprint density at radius 1 is 1.11 bits per heavy atom. The van der Waals surface area contributed by atoms with E-state index in [1.807, 2.05) is 12.1 Å². The molecule has 0 amide bonds. The van der Waals surface area contributed by atoms with Crippen LogP contribution in [0.5, 0.6) is 5.75 Å². The van der Waals surface area contributed by atoms with Gasteiger partial charge in [0.05, 0.1) is 0 Å². The Morgan fingerprint density at radius 2 is 1.93 bits per heavy atom. The Hall–Kier alpha value is -1.84. The van der Waals surface area contributed by atoms with Crippen molar-refractivity contribution >= 4 is 0 Å². The fourth-order valence-corrected chi connectivity index (χ4v) is 5.58. The number of nitrogens with two attached hydrogens (primary N) is 1. The van der Waals surface area contributed by atoms with E-state index in [4.69, 9.17) is 5.73 Å². The lowest BCUT2D eigenvalue weighted by molar-refractivity contribution is 0.00191. The summed E-state index contributed by atoms with van der Waals surface area (Å²) in [5.41, 5.74) is 9.35. The number of rotatable bonds is 5. The van der Waals surface area contributed by atoms with Crippen molar-refractivity contribution in [1.82, 2.24) is 4.90 Å². The molecule has 2 fully saturated rings. The fraction of sp³-hybridized carbons (Fsp3) is 0.500. The van der Waals surface area contributed by atoms with E-state index in [0.29, 0.717) is 17.7 Å². The molecule has 0 aromatic heterocycles. The van der Waals surface area contributed by atoms with Crippen LogP contribution in [0.1, 0.15) is 43.7 Å². The zero-order valence-corrected chi connectivity index (χ0v) is 16.3. The van der Waals surface area contributed by atoms with Gasteiger partial charge in [0.15, 0.2) is 0 Å². The largest absolute Gasteiger partial charge is 0.508 e. The van der Waals surface area contributed by atoms with Crippen LogP contribution < -0.4 is 5.73 Å². The van der Waals surface area contributed by atoms with Gasteiger partial charge in [-0.1, -0.05) is 49.4 Å². The van der Waals surface area contributed by atoms with Crippen LogP contribution in [0.15, 0.2) is 54.6 Å². The lowest BCUT2D eigenvalue weighted by atomic mass is 9.57. The molecule has 2 aromatic carbocycles. The molecule has 1 saturated heterocycles. The van der Waals surface area contributed by atoms with Gasteiger partial charge in [-0.15, -0.1) is 0 Å². The maximum Gasteiger partial charge on any atom is 0.115 e. The lowest BCUT2D eigenvalue weighted by Crippen LogP contribution is -2.60. The second-order valence-corrected chi connectivity index (χ2v) is 8.75. The lowest BCUT2D eigenvalue weighted by Gasteiger charge is -2.56. The van der Waals surface area contributed by atoms with Crippen molar-refractivity contribution < 1.29 is 5.11 Å². The molecule has 2 aliphatic rings. The van der Waals surface area contributed by atoms with Crippen molar-refractivity contribution in [2.75, 3.05) is 13.1 Å². The van der Waals surface area contributed by atoms with Gasteiger partial charge >= 0.3 is 0 Å². The molecule has 3 heteroatoms. The molecule has 4 atom stereocenters. The van der Waals surface area contributed by atoms with Crippen LogP contribution in [0.2, 0.25) is 0 Å². The van der Waals surface area contributed by atoms with E-state index in [9.17, 15) is 5.11 Å². The predicted molar refractivity (Wildman–Crippen MR) is 111 cm³/mol. The molecule has 144 valence electrons. The summed E-state index contributed by atoms with van der Waals surface area (Å²) in [6.45, 7) is 4.65. The van der Waals surface area contributed by atoms with Crippen molar-refractivity contribution in [2.24, 2.45) is 11.7 Å². The van der Waals surface area contributed by atoms with E-state index in [1.165, 1.54) is 17.5 Å². The van der Waals surface area contributed by atoms with E-state index < -0.39 is 0 Å². The monoisotopic (exact) mass is 364 g/mol. The molecule has 27 heavy (non-hydrogen) atoms. The molecule has 3 N–H and O–H groups in total. The number of nitrogens with zero attached hydrogens (tertiary/aromatic N) is 1. The minimum atomic E-state index is 0.108.